The van der Waals surface area contributed by atoms with Crippen LogP contribution in [0.3, 0.4) is 0 Å². The Morgan fingerprint density at radius 3 is 2.95 bits per heavy atom. The second kappa shape index (κ2) is 5.66. The van der Waals surface area contributed by atoms with Crippen LogP contribution in [-0.2, 0) is 6.42 Å². The summed E-state index contributed by atoms with van der Waals surface area (Å²) >= 11 is 1.61. The third-order valence-corrected chi connectivity index (χ3v) is 3.50. The third kappa shape index (κ3) is 3.41. The van der Waals surface area contributed by atoms with Crippen molar-refractivity contribution in [3.63, 3.8) is 0 Å². The molecule has 0 saturated heterocycles. The average molecular weight is 277 g/mol. The molecule has 2 aromatic heterocycles. The number of amides is 1. The number of nitrogens with two attached hydrogens (primary N) is 2. The summed E-state index contributed by atoms with van der Waals surface area (Å²) in [6, 6.07) is 1.52. The molecule has 0 saturated carbocycles. The first-order valence-electron chi connectivity index (χ1n) is 5.76. The van der Waals surface area contributed by atoms with E-state index in [1.54, 1.807) is 11.3 Å². The Hall–Kier alpha value is -2.15. The van der Waals surface area contributed by atoms with Gasteiger partial charge in [-0.1, -0.05) is 0 Å². The summed E-state index contributed by atoms with van der Waals surface area (Å²) in [5, 5.41) is 6.13. The van der Waals surface area contributed by atoms with Crippen molar-refractivity contribution in [2.75, 3.05) is 17.6 Å². The molecule has 0 aliphatic rings. The molecular formula is C12H15N5OS. The van der Waals surface area contributed by atoms with Crippen molar-refractivity contribution in [3.8, 4) is 0 Å². The first kappa shape index (κ1) is 13.3. The highest BCUT2D eigenvalue weighted by Crippen LogP contribution is 2.15. The van der Waals surface area contributed by atoms with E-state index in [0.717, 1.165) is 17.1 Å². The van der Waals surface area contributed by atoms with E-state index in [2.05, 4.69) is 15.3 Å². The van der Waals surface area contributed by atoms with Crippen LogP contribution in [0, 0.1) is 6.92 Å². The first-order chi connectivity index (χ1) is 9.06. The van der Waals surface area contributed by atoms with Gasteiger partial charge in [0.15, 0.2) is 0 Å². The van der Waals surface area contributed by atoms with E-state index in [0.29, 0.717) is 23.6 Å². The maximum atomic E-state index is 11.3. The zero-order chi connectivity index (χ0) is 13.8. The molecule has 1 amide bonds. The number of nitrogen functional groups attached to an aromatic ring is 1. The van der Waals surface area contributed by atoms with Crippen LogP contribution >= 0.6 is 11.3 Å². The lowest BCUT2D eigenvalue weighted by Crippen LogP contribution is -2.17. The smallest absolute Gasteiger partial charge is 0.252 e. The number of rotatable bonds is 5. The SMILES string of the molecule is Cc1csc(CCNc2ncc(N)cc2C(N)=O)n1. The average Bonchev–Trinajstić information content (AvgIpc) is 2.77. The molecule has 2 heterocycles. The summed E-state index contributed by atoms with van der Waals surface area (Å²) in [4.78, 5) is 19.7. The molecule has 6 nitrogen and oxygen atoms in total. The van der Waals surface area contributed by atoms with Gasteiger partial charge in [-0.15, -0.1) is 11.3 Å². The maximum absolute atomic E-state index is 11.3. The van der Waals surface area contributed by atoms with Gasteiger partial charge in [-0.05, 0) is 13.0 Å². The Morgan fingerprint density at radius 1 is 1.53 bits per heavy atom. The number of nitrogens with one attached hydrogen (secondary N) is 1. The number of anilines is 2. The van der Waals surface area contributed by atoms with E-state index < -0.39 is 5.91 Å². The van der Waals surface area contributed by atoms with Crippen LogP contribution in [0.5, 0.6) is 0 Å². The van der Waals surface area contributed by atoms with Crippen molar-refractivity contribution in [2.45, 2.75) is 13.3 Å². The van der Waals surface area contributed by atoms with Gasteiger partial charge in [0.2, 0.25) is 0 Å². The monoisotopic (exact) mass is 277 g/mol. The molecule has 0 aliphatic heterocycles. The van der Waals surface area contributed by atoms with Gasteiger partial charge in [-0.2, -0.15) is 0 Å². The summed E-state index contributed by atoms with van der Waals surface area (Å²) in [6.07, 6.45) is 2.26. The largest absolute Gasteiger partial charge is 0.397 e. The van der Waals surface area contributed by atoms with Gasteiger partial charge < -0.3 is 16.8 Å². The molecule has 0 bridgehead atoms. The second-order valence-electron chi connectivity index (χ2n) is 4.09. The molecule has 19 heavy (non-hydrogen) atoms. The number of nitrogens with zero attached hydrogens (tertiary/aromatic N) is 2. The van der Waals surface area contributed by atoms with Gasteiger partial charge in [0.1, 0.15) is 5.82 Å². The highest BCUT2D eigenvalue weighted by Gasteiger charge is 2.10. The molecule has 0 atom stereocenters. The number of primary amides is 1. The Kier molecular flexibility index (Phi) is 3.96. The van der Waals surface area contributed by atoms with E-state index in [4.69, 9.17) is 11.5 Å². The molecule has 100 valence electrons. The third-order valence-electron chi connectivity index (χ3n) is 2.47. The van der Waals surface area contributed by atoms with Gasteiger partial charge in [0.25, 0.3) is 5.91 Å². The summed E-state index contributed by atoms with van der Waals surface area (Å²) in [5.74, 6) is -0.0950. The van der Waals surface area contributed by atoms with E-state index in [9.17, 15) is 4.79 Å². The van der Waals surface area contributed by atoms with Crippen molar-refractivity contribution in [1.82, 2.24) is 9.97 Å². The molecule has 5 N–H and O–H groups in total. The van der Waals surface area contributed by atoms with Crippen molar-refractivity contribution >= 4 is 28.7 Å². The Bertz CT molecular complexity index is 596. The van der Waals surface area contributed by atoms with Crippen LogP contribution in [0.1, 0.15) is 21.1 Å². The van der Waals surface area contributed by atoms with Gasteiger partial charge in [0, 0.05) is 24.0 Å². The molecule has 0 unspecified atom stereocenters. The normalized spacial score (nSPS) is 10.4. The van der Waals surface area contributed by atoms with E-state index >= 15 is 0 Å². The van der Waals surface area contributed by atoms with E-state index in [1.807, 2.05) is 12.3 Å². The lowest BCUT2D eigenvalue weighted by Gasteiger charge is -2.08. The number of pyridine rings is 1. The van der Waals surface area contributed by atoms with Crippen molar-refractivity contribution < 1.29 is 4.79 Å². The standard InChI is InChI=1S/C12H15N5OS/c1-7-6-19-10(17-7)2-3-15-12-9(11(14)18)4-8(13)5-16-12/h4-6H,2-3,13H2,1H3,(H2,14,18)(H,15,16). The molecule has 7 heteroatoms. The number of hydrogen-bond acceptors (Lipinski definition) is 6. The summed E-state index contributed by atoms with van der Waals surface area (Å²) in [6.45, 7) is 2.59. The lowest BCUT2D eigenvalue weighted by molar-refractivity contribution is 0.100. The molecular weight excluding hydrogens is 262 g/mol. The number of carbonyl (C=O) groups excluding carboxylic acids is 1. The number of thiazole rings is 1. The minimum Gasteiger partial charge on any atom is -0.397 e. The van der Waals surface area contributed by atoms with Crippen molar-refractivity contribution in [3.05, 3.63) is 33.9 Å². The Labute approximate surface area is 114 Å². The zero-order valence-electron chi connectivity index (χ0n) is 10.5. The van der Waals surface area contributed by atoms with Gasteiger partial charge >= 0.3 is 0 Å². The van der Waals surface area contributed by atoms with Crippen LogP contribution in [-0.4, -0.2) is 22.4 Å². The predicted octanol–water partition coefficient (Wildman–Crippen LogP) is 1.18. The first-order valence-corrected chi connectivity index (χ1v) is 6.64. The number of aryl methyl sites for hydroxylation is 1. The second-order valence-corrected chi connectivity index (χ2v) is 5.03. The Balaban J connectivity index is 2.01. The van der Waals surface area contributed by atoms with Crippen molar-refractivity contribution in [1.29, 1.82) is 0 Å². The fourth-order valence-electron chi connectivity index (χ4n) is 1.61. The van der Waals surface area contributed by atoms with Crippen LogP contribution in [0.4, 0.5) is 11.5 Å². The summed E-state index contributed by atoms with van der Waals surface area (Å²) in [7, 11) is 0. The highest BCUT2D eigenvalue weighted by molar-refractivity contribution is 7.09. The lowest BCUT2D eigenvalue weighted by atomic mass is 10.2. The molecule has 0 aliphatic carbocycles. The number of aromatic nitrogens is 2. The Morgan fingerprint density at radius 2 is 2.32 bits per heavy atom. The molecule has 2 aromatic rings. The number of hydrogen-bond donors (Lipinski definition) is 3. The molecule has 0 radical (unpaired) electrons. The van der Waals surface area contributed by atoms with Crippen LogP contribution in [0.2, 0.25) is 0 Å². The van der Waals surface area contributed by atoms with Gasteiger partial charge in [0.05, 0.1) is 22.5 Å². The molecule has 0 aromatic carbocycles. The maximum Gasteiger partial charge on any atom is 0.252 e. The molecule has 2 rings (SSSR count). The van der Waals surface area contributed by atoms with E-state index in [-0.39, 0.29) is 0 Å². The molecule has 0 spiro atoms. The van der Waals surface area contributed by atoms with E-state index in [1.165, 1.54) is 12.3 Å². The minimum atomic E-state index is -0.549. The quantitative estimate of drug-likeness (QED) is 0.760. The van der Waals surface area contributed by atoms with Crippen LogP contribution < -0.4 is 16.8 Å². The minimum absolute atomic E-state index is 0.301. The predicted molar refractivity (Wildman–Crippen MR) is 76.2 cm³/mol. The van der Waals surface area contributed by atoms with Gasteiger partial charge in [-0.3, -0.25) is 4.79 Å². The highest BCUT2D eigenvalue weighted by atomic mass is 32.1. The van der Waals surface area contributed by atoms with Crippen LogP contribution in [0.15, 0.2) is 17.6 Å². The number of carbonyl (C=O) groups is 1. The fourth-order valence-corrected chi connectivity index (χ4v) is 2.39. The molecule has 0 fully saturated rings. The van der Waals surface area contributed by atoms with Crippen LogP contribution in [0.25, 0.3) is 0 Å². The fraction of sp³-hybridized carbons (Fsp3) is 0.250. The zero-order valence-corrected chi connectivity index (χ0v) is 11.3. The van der Waals surface area contributed by atoms with Crippen molar-refractivity contribution in [2.24, 2.45) is 5.73 Å². The summed E-state index contributed by atoms with van der Waals surface area (Å²) < 4.78 is 0. The van der Waals surface area contributed by atoms with Gasteiger partial charge in [-0.25, -0.2) is 9.97 Å². The summed E-state index contributed by atoms with van der Waals surface area (Å²) in [5.41, 5.74) is 12.6. The topological polar surface area (TPSA) is 107 Å².